The lowest BCUT2D eigenvalue weighted by Gasteiger charge is -2.11. The fourth-order valence-electron chi connectivity index (χ4n) is 1.93. The summed E-state index contributed by atoms with van der Waals surface area (Å²) in [5.41, 5.74) is 5.72. The van der Waals surface area contributed by atoms with E-state index in [1.807, 2.05) is 0 Å². The van der Waals surface area contributed by atoms with Crippen molar-refractivity contribution in [1.29, 1.82) is 0 Å². The first kappa shape index (κ1) is 13.2. The van der Waals surface area contributed by atoms with Crippen LogP contribution in [0.4, 0.5) is 4.39 Å². The zero-order chi connectivity index (χ0) is 14.0. The Morgan fingerprint density at radius 3 is 2.84 bits per heavy atom. The number of carbonyl (C=O) groups excluding carboxylic acids is 1. The zero-order valence-electron chi connectivity index (χ0n) is 10.4. The van der Waals surface area contributed by atoms with Gasteiger partial charge in [-0.1, -0.05) is 0 Å². The number of halogens is 1. The lowest BCUT2D eigenvalue weighted by molar-refractivity contribution is -0.119. The van der Waals surface area contributed by atoms with Crippen molar-refractivity contribution >= 4 is 16.8 Å². The summed E-state index contributed by atoms with van der Waals surface area (Å²) in [6.45, 7) is 0. The summed E-state index contributed by atoms with van der Waals surface area (Å²) < 4.78 is 13.0. The molecule has 0 bridgehead atoms. The van der Waals surface area contributed by atoms with Gasteiger partial charge in [0.25, 0.3) is 5.56 Å². The van der Waals surface area contributed by atoms with Gasteiger partial charge in [0.05, 0.1) is 11.6 Å². The summed E-state index contributed by atoms with van der Waals surface area (Å²) in [6, 6.07) is 5.17. The molecule has 0 fully saturated rings. The predicted molar refractivity (Wildman–Crippen MR) is 70.3 cm³/mol. The second-order valence-electron chi connectivity index (χ2n) is 4.30. The molecule has 1 aromatic heterocycles. The van der Waals surface area contributed by atoms with E-state index in [0.717, 1.165) is 0 Å². The first-order valence-corrected chi connectivity index (χ1v) is 5.79. The first-order valence-electron chi connectivity index (χ1n) is 5.79. The molecule has 19 heavy (non-hydrogen) atoms. The van der Waals surface area contributed by atoms with Gasteiger partial charge in [-0.15, -0.1) is 0 Å². The quantitative estimate of drug-likeness (QED) is 0.740. The van der Waals surface area contributed by atoms with Crippen molar-refractivity contribution in [3.05, 3.63) is 46.0 Å². The molecule has 2 aromatic rings. The van der Waals surface area contributed by atoms with Gasteiger partial charge < -0.3 is 16.0 Å². The number of pyridine rings is 1. The predicted octanol–water partition coefficient (Wildman–Crippen LogP) is 0.283. The van der Waals surface area contributed by atoms with E-state index < -0.39 is 17.8 Å². The summed E-state index contributed by atoms with van der Waals surface area (Å²) in [5, 5.41) is 3.45. The number of benzene rings is 1. The molecule has 0 aliphatic carbocycles. The van der Waals surface area contributed by atoms with Crippen LogP contribution < -0.4 is 16.6 Å². The highest BCUT2D eigenvalue weighted by Gasteiger charge is 2.15. The molecule has 1 atom stereocenters. The van der Waals surface area contributed by atoms with Gasteiger partial charge in [0.1, 0.15) is 5.82 Å². The number of aromatic nitrogens is 1. The van der Waals surface area contributed by atoms with Gasteiger partial charge in [-0.3, -0.25) is 9.59 Å². The van der Waals surface area contributed by atoms with E-state index in [1.54, 1.807) is 19.2 Å². The number of nitrogens with two attached hydrogens (primary N) is 1. The standard InChI is InChI=1S/C13H14FN3O2/c1-16-11(12(15)18)5-8-4-7-2-3-9(14)6-10(7)17-13(8)19/h2-4,6,11,16H,5H2,1H3,(H2,15,18)(H,17,19). The number of primary amides is 1. The van der Waals surface area contributed by atoms with Gasteiger partial charge in [-0.2, -0.15) is 0 Å². The molecule has 4 N–H and O–H groups in total. The Labute approximate surface area is 108 Å². The highest BCUT2D eigenvalue weighted by molar-refractivity contribution is 5.81. The van der Waals surface area contributed by atoms with Crippen LogP contribution in [0, 0.1) is 5.82 Å². The molecule has 0 aliphatic heterocycles. The van der Waals surface area contributed by atoms with E-state index in [0.29, 0.717) is 16.5 Å². The molecule has 0 spiro atoms. The van der Waals surface area contributed by atoms with Crippen LogP contribution in [0.15, 0.2) is 29.1 Å². The van der Waals surface area contributed by atoms with E-state index in [-0.39, 0.29) is 12.0 Å². The summed E-state index contributed by atoms with van der Waals surface area (Å²) in [5.74, 6) is -0.942. The summed E-state index contributed by atoms with van der Waals surface area (Å²) in [7, 11) is 1.60. The number of carbonyl (C=O) groups is 1. The minimum atomic E-state index is -0.612. The molecule has 1 unspecified atom stereocenters. The lowest BCUT2D eigenvalue weighted by Crippen LogP contribution is -2.41. The molecule has 1 amide bonds. The van der Waals surface area contributed by atoms with E-state index in [9.17, 15) is 14.0 Å². The van der Waals surface area contributed by atoms with Gasteiger partial charge in [-0.05, 0) is 36.7 Å². The lowest BCUT2D eigenvalue weighted by atomic mass is 10.0. The van der Waals surface area contributed by atoms with E-state index in [2.05, 4.69) is 10.3 Å². The number of amides is 1. The van der Waals surface area contributed by atoms with Crippen molar-refractivity contribution in [3.63, 3.8) is 0 Å². The van der Waals surface area contributed by atoms with E-state index >= 15 is 0 Å². The molecule has 1 aromatic carbocycles. The fraction of sp³-hybridized carbons (Fsp3) is 0.231. The van der Waals surface area contributed by atoms with Crippen LogP contribution in [-0.2, 0) is 11.2 Å². The molecule has 100 valence electrons. The number of nitrogens with one attached hydrogen (secondary N) is 2. The Hall–Kier alpha value is -2.21. The van der Waals surface area contributed by atoms with Crippen molar-refractivity contribution in [3.8, 4) is 0 Å². The number of fused-ring (bicyclic) bond motifs is 1. The van der Waals surface area contributed by atoms with E-state index in [4.69, 9.17) is 5.73 Å². The number of aromatic amines is 1. The fourth-order valence-corrected chi connectivity index (χ4v) is 1.93. The minimum Gasteiger partial charge on any atom is -0.368 e. The molecular formula is C13H14FN3O2. The van der Waals surface area contributed by atoms with Crippen molar-refractivity contribution in [2.75, 3.05) is 7.05 Å². The Morgan fingerprint density at radius 1 is 1.47 bits per heavy atom. The van der Waals surface area contributed by atoms with Crippen LogP contribution in [0.3, 0.4) is 0 Å². The first-order chi connectivity index (χ1) is 9.01. The topological polar surface area (TPSA) is 88.0 Å². The molecule has 0 saturated carbocycles. The van der Waals surface area contributed by atoms with Crippen molar-refractivity contribution < 1.29 is 9.18 Å². The second-order valence-corrected chi connectivity index (χ2v) is 4.30. The van der Waals surface area contributed by atoms with Gasteiger partial charge in [0.15, 0.2) is 0 Å². The summed E-state index contributed by atoms with van der Waals surface area (Å²) in [4.78, 5) is 25.6. The van der Waals surface area contributed by atoms with Crippen LogP contribution in [0.1, 0.15) is 5.56 Å². The number of rotatable bonds is 4. The smallest absolute Gasteiger partial charge is 0.251 e. The third-order valence-electron chi connectivity index (χ3n) is 3.00. The molecule has 6 heteroatoms. The maximum Gasteiger partial charge on any atom is 0.251 e. The second kappa shape index (κ2) is 5.19. The molecule has 0 saturated heterocycles. The van der Waals surface area contributed by atoms with Crippen LogP contribution in [0.25, 0.3) is 10.9 Å². The molecular weight excluding hydrogens is 249 g/mol. The van der Waals surface area contributed by atoms with Crippen LogP contribution >= 0.6 is 0 Å². The van der Waals surface area contributed by atoms with E-state index in [1.165, 1.54) is 12.1 Å². The molecule has 2 rings (SSSR count). The van der Waals surface area contributed by atoms with Crippen molar-refractivity contribution in [1.82, 2.24) is 10.3 Å². The molecule has 5 nitrogen and oxygen atoms in total. The van der Waals surface area contributed by atoms with Crippen molar-refractivity contribution in [2.45, 2.75) is 12.5 Å². The number of hydrogen-bond donors (Lipinski definition) is 3. The third-order valence-corrected chi connectivity index (χ3v) is 3.00. The van der Waals surface area contributed by atoms with Gasteiger partial charge in [-0.25, -0.2) is 4.39 Å². The van der Waals surface area contributed by atoms with Gasteiger partial charge >= 0.3 is 0 Å². The average Bonchev–Trinajstić information content (AvgIpc) is 2.35. The Bertz CT molecular complexity index is 681. The maximum atomic E-state index is 13.0. The largest absolute Gasteiger partial charge is 0.368 e. The Kier molecular flexibility index (Phi) is 3.62. The van der Waals surface area contributed by atoms with Gasteiger partial charge in [0, 0.05) is 12.0 Å². The number of hydrogen-bond acceptors (Lipinski definition) is 3. The van der Waals surface area contributed by atoms with Crippen LogP contribution in [-0.4, -0.2) is 24.0 Å². The number of H-pyrrole nitrogens is 1. The minimum absolute atomic E-state index is 0.189. The summed E-state index contributed by atoms with van der Waals surface area (Å²) in [6.07, 6.45) is 0.189. The molecule has 0 radical (unpaired) electrons. The number of likely N-dealkylation sites (N-methyl/N-ethyl adjacent to an activating group) is 1. The zero-order valence-corrected chi connectivity index (χ0v) is 10.4. The third kappa shape index (κ3) is 2.79. The van der Waals surface area contributed by atoms with Crippen LogP contribution in [0.2, 0.25) is 0 Å². The molecule has 1 heterocycles. The van der Waals surface area contributed by atoms with Crippen LogP contribution in [0.5, 0.6) is 0 Å². The monoisotopic (exact) mass is 263 g/mol. The highest BCUT2D eigenvalue weighted by Crippen LogP contribution is 2.13. The summed E-state index contributed by atoms with van der Waals surface area (Å²) >= 11 is 0. The average molecular weight is 263 g/mol. The SMILES string of the molecule is CNC(Cc1cc2ccc(F)cc2[nH]c1=O)C(N)=O. The van der Waals surface area contributed by atoms with Gasteiger partial charge in [0.2, 0.25) is 5.91 Å². The maximum absolute atomic E-state index is 13.0. The Morgan fingerprint density at radius 2 is 2.21 bits per heavy atom. The van der Waals surface area contributed by atoms with Crippen molar-refractivity contribution in [2.24, 2.45) is 5.73 Å². The normalized spacial score (nSPS) is 12.5. The molecule has 0 aliphatic rings. The Balaban J connectivity index is 2.44. The highest BCUT2D eigenvalue weighted by atomic mass is 19.1.